The summed E-state index contributed by atoms with van der Waals surface area (Å²) in [7, 11) is 1.47. The summed E-state index contributed by atoms with van der Waals surface area (Å²) in [5, 5.41) is 16.7. The molecule has 2 aromatic carbocycles. The highest BCUT2D eigenvalue weighted by molar-refractivity contribution is 5.92. The van der Waals surface area contributed by atoms with E-state index in [1.807, 2.05) is 48.5 Å². The lowest BCUT2D eigenvalue weighted by Gasteiger charge is -2.45. The first-order chi connectivity index (χ1) is 15.0. The van der Waals surface area contributed by atoms with Crippen molar-refractivity contribution in [1.29, 1.82) is 5.26 Å². The third kappa shape index (κ3) is 3.55. The Morgan fingerprint density at radius 1 is 1.23 bits per heavy atom. The minimum atomic E-state index is -0.653. The number of carbonyl (C=O) groups is 3. The van der Waals surface area contributed by atoms with Gasteiger partial charge in [-0.3, -0.25) is 9.59 Å². The Labute approximate surface area is 180 Å². The highest BCUT2D eigenvalue weighted by Crippen LogP contribution is 2.29. The molecule has 2 saturated heterocycles. The minimum absolute atomic E-state index is 0.0561. The van der Waals surface area contributed by atoms with Gasteiger partial charge in [-0.2, -0.15) is 10.3 Å². The topological polar surface area (TPSA) is 100.0 Å². The fourth-order valence-electron chi connectivity index (χ4n) is 4.46. The molecule has 0 unspecified atom stereocenters. The molecule has 0 bridgehead atoms. The maximum Gasteiger partial charge on any atom is 0.332 e. The van der Waals surface area contributed by atoms with Crippen LogP contribution in [0.5, 0.6) is 0 Å². The van der Waals surface area contributed by atoms with Gasteiger partial charge in [-0.15, -0.1) is 0 Å². The van der Waals surface area contributed by atoms with Crippen LogP contribution in [0, 0.1) is 11.3 Å². The summed E-state index contributed by atoms with van der Waals surface area (Å²) >= 11 is 0. The molecule has 4 amide bonds. The molecule has 0 aromatic heterocycles. The summed E-state index contributed by atoms with van der Waals surface area (Å²) in [6.07, 6.45) is -0.513. The van der Waals surface area contributed by atoms with E-state index >= 15 is 0 Å². The van der Waals surface area contributed by atoms with Crippen molar-refractivity contribution in [2.45, 2.75) is 25.7 Å². The van der Waals surface area contributed by atoms with Crippen molar-refractivity contribution >= 4 is 28.6 Å². The Balaban J connectivity index is 1.65. The molecule has 160 valence electrons. The number of amides is 4. The van der Waals surface area contributed by atoms with Crippen LogP contribution in [0.2, 0.25) is 0 Å². The van der Waals surface area contributed by atoms with Gasteiger partial charge in [0.15, 0.2) is 0 Å². The van der Waals surface area contributed by atoms with Crippen LogP contribution in [0.15, 0.2) is 42.5 Å². The van der Waals surface area contributed by atoms with Crippen LogP contribution in [0.3, 0.4) is 0 Å². The summed E-state index contributed by atoms with van der Waals surface area (Å²) in [6, 6.07) is 14.8. The molecule has 0 saturated carbocycles. The van der Waals surface area contributed by atoms with Crippen molar-refractivity contribution in [3.63, 3.8) is 0 Å². The second kappa shape index (κ2) is 8.24. The molecule has 0 spiro atoms. The van der Waals surface area contributed by atoms with Crippen LogP contribution >= 0.6 is 0 Å². The van der Waals surface area contributed by atoms with Crippen molar-refractivity contribution < 1.29 is 14.4 Å². The van der Waals surface area contributed by atoms with Gasteiger partial charge < -0.3 is 15.1 Å². The molecule has 2 aliphatic rings. The number of carbonyl (C=O) groups excluding carboxylic acids is 3. The number of urea groups is 1. The highest BCUT2D eigenvalue weighted by Gasteiger charge is 2.50. The van der Waals surface area contributed by atoms with Gasteiger partial charge >= 0.3 is 6.03 Å². The first-order valence-corrected chi connectivity index (χ1v) is 10.2. The summed E-state index contributed by atoms with van der Waals surface area (Å²) in [4.78, 5) is 41.4. The Hall–Kier alpha value is -3.64. The number of fused-ring (bicyclic) bond motifs is 2. The molecule has 4 rings (SSSR count). The zero-order valence-corrected chi connectivity index (χ0v) is 17.5. The lowest BCUT2D eigenvalue weighted by atomic mass is 10.0. The van der Waals surface area contributed by atoms with E-state index in [1.54, 1.807) is 16.8 Å². The van der Waals surface area contributed by atoms with Gasteiger partial charge in [0.05, 0.1) is 19.2 Å². The Morgan fingerprint density at radius 3 is 2.71 bits per heavy atom. The maximum absolute atomic E-state index is 13.1. The standard InChI is InChI=1S/C22H24N6O3/c1-15-21(30)25(12-17-8-5-7-16-6-3-4-9-18(16)17)13-19-27(14-20(29)28(15)19)26(11-10-23)22(31)24-2/h3-9,15,19H,11-14H2,1-2H3,(H,24,31)/t15-,19+/m0/s1. The molecular weight excluding hydrogens is 396 g/mol. The molecule has 2 atom stereocenters. The van der Waals surface area contributed by atoms with E-state index in [1.165, 1.54) is 17.0 Å². The molecule has 1 N–H and O–H groups in total. The third-order valence-electron chi connectivity index (χ3n) is 5.94. The second-order valence-electron chi connectivity index (χ2n) is 7.68. The zero-order valence-electron chi connectivity index (χ0n) is 17.5. The molecule has 2 aromatic rings. The Morgan fingerprint density at radius 2 is 1.97 bits per heavy atom. The monoisotopic (exact) mass is 420 g/mol. The molecule has 2 fully saturated rings. The lowest BCUT2D eigenvalue weighted by Crippen LogP contribution is -2.64. The highest BCUT2D eigenvalue weighted by atomic mass is 16.2. The first kappa shape index (κ1) is 20.6. The number of hydrogen-bond donors (Lipinski definition) is 1. The van der Waals surface area contributed by atoms with Crippen LogP contribution < -0.4 is 5.32 Å². The molecule has 0 aliphatic carbocycles. The van der Waals surface area contributed by atoms with Gasteiger partial charge in [0.1, 0.15) is 18.8 Å². The number of nitrogens with one attached hydrogen (secondary N) is 1. The van der Waals surface area contributed by atoms with E-state index in [2.05, 4.69) is 5.32 Å². The van der Waals surface area contributed by atoms with Crippen molar-refractivity contribution in [1.82, 2.24) is 25.1 Å². The van der Waals surface area contributed by atoms with Gasteiger partial charge in [0.2, 0.25) is 11.8 Å². The van der Waals surface area contributed by atoms with Gasteiger partial charge in [0, 0.05) is 13.6 Å². The van der Waals surface area contributed by atoms with Crippen LogP contribution in [0.1, 0.15) is 12.5 Å². The van der Waals surface area contributed by atoms with E-state index in [9.17, 15) is 19.6 Å². The number of benzene rings is 2. The number of rotatable bonds is 4. The summed E-state index contributed by atoms with van der Waals surface area (Å²) in [6.45, 7) is 2.11. The summed E-state index contributed by atoms with van der Waals surface area (Å²) in [5.41, 5.74) is 1.02. The lowest BCUT2D eigenvalue weighted by molar-refractivity contribution is -0.156. The number of hydrazine groups is 1. The molecule has 9 heteroatoms. The fraction of sp³-hybridized carbons (Fsp3) is 0.364. The number of piperazine rings is 1. The molecule has 0 radical (unpaired) electrons. The normalized spacial score (nSPS) is 21.2. The fourth-order valence-corrected chi connectivity index (χ4v) is 4.46. The maximum atomic E-state index is 13.1. The van der Waals surface area contributed by atoms with Gasteiger partial charge in [-0.1, -0.05) is 42.5 Å². The van der Waals surface area contributed by atoms with Crippen molar-refractivity contribution in [3.05, 3.63) is 48.0 Å². The van der Waals surface area contributed by atoms with Crippen molar-refractivity contribution in [2.75, 3.05) is 26.7 Å². The largest absolute Gasteiger partial charge is 0.340 e. The quantitative estimate of drug-likeness (QED) is 0.748. The van der Waals surface area contributed by atoms with Crippen LogP contribution in [0.4, 0.5) is 4.79 Å². The molecule has 2 heterocycles. The van der Waals surface area contributed by atoms with E-state index in [4.69, 9.17) is 0 Å². The molecule has 31 heavy (non-hydrogen) atoms. The van der Waals surface area contributed by atoms with E-state index in [0.717, 1.165) is 16.3 Å². The van der Waals surface area contributed by atoms with Crippen molar-refractivity contribution in [2.24, 2.45) is 0 Å². The van der Waals surface area contributed by atoms with E-state index < -0.39 is 18.2 Å². The van der Waals surface area contributed by atoms with Crippen LogP contribution in [-0.4, -0.2) is 76.6 Å². The molecule has 2 aliphatic heterocycles. The van der Waals surface area contributed by atoms with Gasteiger partial charge in [0.25, 0.3) is 0 Å². The second-order valence-corrected chi connectivity index (χ2v) is 7.68. The van der Waals surface area contributed by atoms with Gasteiger partial charge in [-0.05, 0) is 23.3 Å². The molecular formula is C22H24N6O3. The first-order valence-electron chi connectivity index (χ1n) is 10.2. The number of hydrogen-bond acceptors (Lipinski definition) is 5. The SMILES string of the molecule is CNC(=O)N(CC#N)N1CC(=O)N2[C@@H](C)C(=O)N(Cc3cccc4ccccc34)C[C@@H]21. The predicted octanol–water partition coefficient (Wildman–Crippen LogP) is 1.12. The minimum Gasteiger partial charge on any atom is -0.340 e. The van der Waals surface area contributed by atoms with E-state index in [0.29, 0.717) is 6.54 Å². The number of nitriles is 1. The van der Waals surface area contributed by atoms with E-state index in [-0.39, 0.29) is 31.4 Å². The third-order valence-corrected chi connectivity index (χ3v) is 5.94. The number of nitrogens with zero attached hydrogens (tertiary/aromatic N) is 5. The van der Waals surface area contributed by atoms with Crippen LogP contribution in [-0.2, 0) is 16.1 Å². The smallest absolute Gasteiger partial charge is 0.332 e. The zero-order chi connectivity index (χ0) is 22.1. The average Bonchev–Trinajstić information content (AvgIpc) is 3.11. The van der Waals surface area contributed by atoms with Crippen LogP contribution in [0.25, 0.3) is 10.8 Å². The average molecular weight is 420 g/mol. The Kier molecular flexibility index (Phi) is 5.48. The van der Waals surface area contributed by atoms with Crippen molar-refractivity contribution in [3.8, 4) is 6.07 Å². The summed E-state index contributed by atoms with van der Waals surface area (Å²) < 4.78 is 0. The van der Waals surface area contributed by atoms with Gasteiger partial charge in [-0.25, -0.2) is 9.80 Å². The molecule has 9 nitrogen and oxygen atoms in total. The Bertz CT molecular complexity index is 1080. The summed E-state index contributed by atoms with van der Waals surface area (Å²) in [5.74, 6) is -0.367. The predicted molar refractivity (Wildman–Crippen MR) is 113 cm³/mol.